The van der Waals surface area contributed by atoms with Crippen LogP contribution >= 0.6 is 0 Å². The lowest BCUT2D eigenvalue weighted by Crippen LogP contribution is -2.13. The molecular weight excluding hydrogens is 232 g/mol. The van der Waals surface area contributed by atoms with Crippen LogP contribution in [0.15, 0.2) is 42.5 Å². The summed E-state index contributed by atoms with van der Waals surface area (Å²) in [5.74, 6) is 0.376. The van der Waals surface area contributed by atoms with E-state index in [1.165, 1.54) is 10.8 Å². The van der Waals surface area contributed by atoms with Gasteiger partial charge in [0.1, 0.15) is 0 Å². The minimum absolute atomic E-state index is 0.342. The molecule has 2 aromatic carbocycles. The lowest BCUT2D eigenvalue weighted by molar-refractivity contribution is 0.0978. The van der Waals surface area contributed by atoms with Gasteiger partial charge in [-0.1, -0.05) is 69.2 Å². The molecule has 0 saturated heterocycles. The molecule has 2 aromatic rings. The van der Waals surface area contributed by atoms with Crippen LogP contribution in [0.3, 0.4) is 0 Å². The van der Waals surface area contributed by atoms with Crippen molar-refractivity contribution in [2.24, 2.45) is 5.92 Å². The van der Waals surface area contributed by atoms with Gasteiger partial charge in [0.25, 0.3) is 0 Å². The Bertz CT molecular complexity index is 507. The molecule has 0 aliphatic carbocycles. The van der Waals surface area contributed by atoms with Crippen LogP contribution in [0.4, 0.5) is 0 Å². The molecule has 1 atom stereocenters. The molecule has 0 radical (unpaired) electrons. The summed E-state index contributed by atoms with van der Waals surface area (Å²) in [5.41, 5.74) is 1.09. The zero-order valence-electron chi connectivity index (χ0n) is 12.0. The zero-order chi connectivity index (χ0) is 13.7. The fourth-order valence-electron chi connectivity index (χ4n) is 2.96. The molecule has 0 amide bonds. The Kier molecular flexibility index (Phi) is 4.98. The average Bonchev–Trinajstić information content (AvgIpc) is 2.46. The van der Waals surface area contributed by atoms with Gasteiger partial charge in [-0.2, -0.15) is 0 Å². The number of hydrogen-bond donors (Lipinski definition) is 1. The van der Waals surface area contributed by atoms with Crippen molar-refractivity contribution in [1.82, 2.24) is 0 Å². The largest absolute Gasteiger partial charge is 0.388 e. The molecule has 1 nitrogen and oxygen atoms in total. The van der Waals surface area contributed by atoms with Crippen LogP contribution in [-0.4, -0.2) is 5.11 Å². The SMILES string of the molecule is CCCC(CCC)C(O)c1cccc2ccccc12. The minimum Gasteiger partial charge on any atom is -0.388 e. The fourth-order valence-corrected chi connectivity index (χ4v) is 2.96. The molecule has 1 N–H and O–H groups in total. The van der Waals surface area contributed by atoms with Gasteiger partial charge < -0.3 is 5.11 Å². The highest BCUT2D eigenvalue weighted by Crippen LogP contribution is 2.33. The molecule has 102 valence electrons. The number of aliphatic hydroxyl groups is 1. The van der Waals surface area contributed by atoms with Crippen molar-refractivity contribution in [3.63, 3.8) is 0 Å². The van der Waals surface area contributed by atoms with E-state index in [-0.39, 0.29) is 6.10 Å². The first-order valence-corrected chi connectivity index (χ1v) is 7.43. The summed E-state index contributed by atoms with van der Waals surface area (Å²) < 4.78 is 0. The quantitative estimate of drug-likeness (QED) is 0.763. The number of aliphatic hydroxyl groups excluding tert-OH is 1. The Morgan fingerprint density at radius 1 is 0.895 bits per heavy atom. The van der Waals surface area contributed by atoms with Crippen LogP contribution in [0.2, 0.25) is 0 Å². The standard InChI is InChI=1S/C18H24O/c1-3-8-15(9-4-2)18(19)17-13-7-11-14-10-5-6-12-16(14)17/h5-7,10-13,15,18-19H,3-4,8-9H2,1-2H3. The average molecular weight is 256 g/mol. The van der Waals surface area contributed by atoms with Crippen molar-refractivity contribution in [3.8, 4) is 0 Å². The second kappa shape index (κ2) is 6.72. The molecule has 1 heteroatoms. The van der Waals surface area contributed by atoms with Gasteiger partial charge in [-0.05, 0) is 35.1 Å². The lowest BCUT2D eigenvalue weighted by atomic mass is 9.86. The van der Waals surface area contributed by atoms with Gasteiger partial charge in [-0.15, -0.1) is 0 Å². The van der Waals surface area contributed by atoms with Crippen LogP contribution in [-0.2, 0) is 0 Å². The van der Waals surface area contributed by atoms with Crippen LogP contribution in [0.1, 0.15) is 51.2 Å². The molecule has 19 heavy (non-hydrogen) atoms. The number of fused-ring (bicyclic) bond motifs is 1. The first kappa shape index (κ1) is 14.1. The lowest BCUT2D eigenvalue weighted by Gasteiger charge is -2.23. The van der Waals surface area contributed by atoms with Crippen molar-refractivity contribution in [3.05, 3.63) is 48.0 Å². The van der Waals surface area contributed by atoms with E-state index in [0.29, 0.717) is 5.92 Å². The van der Waals surface area contributed by atoms with Gasteiger partial charge in [0.15, 0.2) is 0 Å². The normalized spacial score (nSPS) is 13.1. The van der Waals surface area contributed by atoms with E-state index >= 15 is 0 Å². The molecule has 2 rings (SSSR count). The Morgan fingerprint density at radius 3 is 2.21 bits per heavy atom. The Labute approximate surface area is 116 Å². The third-order valence-electron chi connectivity index (χ3n) is 3.91. The van der Waals surface area contributed by atoms with Gasteiger partial charge in [0.05, 0.1) is 6.10 Å². The van der Waals surface area contributed by atoms with Gasteiger partial charge in [-0.25, -0.2) is 0 Å². The number of rotatable bonds is 6. The Balaban J connectivity index is 2.36. The zero-order valence-corrected chi connectivity index (χ0v) is 12.0. The topological polar surface area (TPSA) is 20.2 Å². The number of benzene rings is 2. The summed E-state index contributed by atoms with van der Waals surface area (Å²) in [6.45, 7) is 4.39. The van der Waals surface area contributed by atoms with Crippen LogP contribution in [0.25, 0.3) is 10.8 Å². The van der Waals surface area contributed by atoms with Gasteiger partial charge in [0, 0.05) is 0 Å². The second-order valence-corrected chi connectivity index (χ2v) is 5.35. The van der Waals surface area contributed by atoms with Crippen molar-refractivity contribution in [2.45, 2.75) is 45.6 Å². The summed E-state index contributed by atoms with van der Waals surface area (Å²) in [4.78, 5) is 0. The minimum atomic E-state index is -0.342. The maximum Gasteiger partial charge on any atom is 0.0824 e. The van der Waals surface area contributed by atoms with E-state index in [2.05, 4.69) is 44.2 Å². The number of hydrogen-bond acceptors (Lipinski definition) is 1. The van der Waals surface area contributed by atoms with Crippen LogP contribution in [0.5, 0.6) is 0 Å². The van der Waals surface area contributed by atoms with E-state index in [0.717, 1.165) is 31.2 Å². The first-order chi connectivity index (χ1) is 9.27. The van der Waals surface area contributed by atoms with E-state index in [4.69, 9.17) is 0 Å². The first-order valence-electron chi connectivity index (χ1n) is 7.43. The molecule has 0 spiro atoms. The van der Waals surface area contributed by atoms with E-state index in [9.17, 15) is 5.11 Å². The summed E-state index contributed by atoms with van der Waals surface area (Å²) in [6, 6.07) is 14.6. The van der Waals surface area contributed by atoms with Crippen molar-refractivity contribution < 1.29 is 5.11 Å². The molecule has 0 heterocycles. The molecule has 0 aliphatic rings. The molecule has 1 unspecified atom stereocenters. The highest BCUT2D eigenvalue weighted by Gasteiger charge is 2.20. The molecule has 0 aromatic heterocycles. The fraction of sp³-hybridized carbons (Fsp3) is 0.444. The monoisotopic (exact) mass is 256 g/mol. The summed E-state index contributed by atoms with van der Waals surface area (Å²) >= 11 is 0. The third kappa shape index (κ3) is 3.16. The molecule has 0 fully saturated rings. The van der Waals surface area contributed by atoms with Crippen molar-refractivity contribution >= 4 is 10.8 Å². The van der Waals surface area contributed by atoms with Crippen molar-refractivity contribution in [2.75, 3.05) is 0 Å². The summed E-state index contributed by atoms with van der Waals surface area (Å²) in [5, 5.41) is 13.1. The van der Waals surface area contributed by atoms with Gasteiger partial charge in [-0.3, -0.25) is 0 Å². The highest BCUT2D eigenvalue weighted by molar-refractivity contribution is 5.85. The van der Waals surface area contributed by atoms with Crippen LogP contribution < -0.4 is 0 Å². The molecular formula is C18H24O. The van der Waals surface area contributed by atoms with Crippen LogP contribution in [0, 0.1) is 5.92 Å². The molecule has 0 bridgehead atoms. The Hall–Kier alpha value is -1.34. The predicted octanol–water partition coefficient (Wildman–Crippen LogP) is 5.09. The molecule has 0 aliphatic heterocycles. The van der Waals surface area contributed by atoms with Crippen molar-refractivity contribution in [1.29, 1.82) is 0 Å². The summed E-state index contributed by atoms with van der Waals surface area (Å²) in [6.07, 6.45) is 4.11. The summed E-state index contributed by atoms with van der Waals surface area (Å²) in [7, 11) is 0. The maximum absolute atomic E-state index is 10.7. The van der Waals surface area contributed by atoms with E-state index in [1.807, 2.05) is 12.1 Å². The van der Waals surface area contributed by atoms with Gasteiger partial charge in [0.2, 0.25) is 0 Å². The Morgan fingerprint density at radius 2 is 1.53 bits per heavy atom. The second-order valence-electron chi connectivity index (χ2n) is 5.35. The highest BCUT2D eigenvalue weighted by atomic mass is 16.3. The molecule has 0 saturated carbocycles. The predicted molar refractivity (Wildman–Crippen MR) is 82.2 cm³/mol. The van der Waals surface area contributed by atoms with E-state index < -0.39 is 0 Å². The maximum atomic E-state index is 10.7. The van der Waals surface area contributed by atoms with Gasteiger partial charge >= 0.3 is 0 Å². The smallest absolute Gasteiger partial charge is 0.0824 e. The van der Waals surface area contributed by atoms with E-state index in [1.54, 1.807) is 0 Å². The third-order valence-corrected chi connectivity index (χ3v) is 3.91.